The van der Waals surface area contributed by atoms with E-state index in [0.29, 0.717) is 22.9 Å². The van der Waals surface area contributed by atoms with Crippen LogP contribution < -0.4 is 5.32 Å². The first-order valence-corrected chi connectivity index (χ1v) is 7.76. The molecule has 20 heavy (non-hydrogen) atoms. The van der Waals surface area contributed by atoms with E-state index >= 15 is 0 Å². The summed E-state index contributed by atoms with van der Waals surface area (Å²) in [5, 5.41) is 12.7. The number of carboxylic acid groups (broad SMARTS) is 1. The standard InChI is InChI=1S/C15H17BrFNO2/c16-13-10(2-1-3-11(13)17)7-18-14-9-5-4-8(6-9)12(14)15(19)20/h1-3,8-9,12,14,18H,4-7H2,(H,19,20). The second-order valence-corrected chi connectivity index (χ2v) is 6.61. The van der Waals surface area contributed by atoms with Crippen LogP contribution in [-0.4, -0.2) is 17.1 Å². The Morgan fingerprint density at radius 3 is 2.90 bits per heavy atom. The summed E-state index contributed by atoms with van der Waals surface area (Å²) in [4.78, 5) is 11.4. The second-order valence-electron chi connectivity index (χ2n) is 5.82. The van der Waals surface area contributed by atoms with Crippen molar-refractivity contribution in [3.05, 3.63) is 34.1 Å². The van der Waals surface area contributed by atoms with Crippen LogP contribution in [0.5, 0.6) is 0 Å². The van der Waals surface area contributed by atoms with Gasteiger partial charge in [-0.05, 0) is 58.7 Å². The first-order valence-electron chi connectivity index (χ1n) is 6.97. The molecule has 0 saturated heterocycles. The molecule has 0 amide bonds. The number of carbonyl (C=O) groups is 1. The van der Waals surface area contributed by atoms with Gasteiger partial charge in [-0.2, -0.15) is 0 Å². The van der Waals surface area contributed by atoms with E-state index in [1.54, 1.807) is 6.07 Å². The van der Waals surface area contributed by atoms with E-state index in [1.165, 1.54) is 6.07 Å². The highest BCUT2D eigenvalue weighted by atomic mass is 79.9. The monoisotopic (exact) mass is 341 g/mol. The van der Waals surface area contributed by atoms with Crippen LogP contribution in [0.3, 0.4) is 0 Å². The van der Waals surface area contributed by atoms with Gasteiger partial charge >= 0.3 is 5.97 Å². The summed E-state index contributed by atoms with van der Waals surface area (Å²) >= 11 is 3.24. The molecule has 3 rings (SSSR count). The van der Waals surface area contributed by atoms with E-state index in [2.05, 4.69) is 21.2 Å². The molecule has 0 heterocycles. The van der Waals surface area contributed by atoms with E-state index in [9.17, 15) is 14.3 Å². The van der Waals surface area contributed by atoms with Gasteiger partial charge in [0, 0.05) is 12.6 Å². The number of fused-ring (bicyclic) bond motifs is 2. The second kappa shape index (κ2) is 5.45. The summed E-state index contributed by atoms with van der Waals surface area (Å²) < 4.78 is 13.9. The summed E-state index contributed by atoms with van der Waals surface area (Å²) in [6.45, 7) is 0.496. The Morgan fingerprint density at radius 2 is 2.15 bits per heavy atom. The Bertz CT molecular complexity index is 537. The van der Waals surface area contributed by atoms with Gasteiger partial charge in [0.05, 0.1) is 10.4 Å². The summed E-state index contributed by atoms with van der Waals surface area (Å²) in [5.74, 6) is -0.513. The van der Waals surface area contributed by atoms with Crippen LogP contribution in [0, 0.1) is 23.6 Å². The van der Waals surface area contributed by atoms with Gasteiger partial charge in [-0.3, -0.25) is 4.79 Å². The first-order chi connectivity index (χ1) is 9.58. The van der Waals surface area contributed by atoms with Crippen LogP contribution in [0.2, 0.25) is 0 Å². The fraction of sp³-hybridized carbons (Fsp3) is 0.533. The molecule has 0 aromatic heterocycles. The molecule has 1 aromatic carbocycles. The molecule has 3 nitrogen and oxygen atoms in total. The van der Waals surface area contributed by atoms with Gasteiger partial charge < -0.3 is 10.4 Å². The zero-order valence-corrected chi connectivity index (χ0v) is 12.6. The molecule has 2 N–H and O–H groups in total. The van der Waals surface area contributed by atoms with Crippen molar-refractivity contribution in [2.75, 3.05) is 0 Å². The fourth-order valence-corrected chi connectivity index (χ4v) is 4.26. The van der Waals surface area contributed by atoms with Crippen molar-refractivity contribution in [3.63, 3.8) is 0 Å². The molecular formula is C15H17BrFNO2. The van der Waals surface area contributed by atoms with Crippen molar-refractivity contribution < 1.29 is 14.3 Å². The number of hydrogen-bond donors (Lipinski definition) is 2. The lowest BCUT2D eigenvalue weighted by atomic mass is 9.84. The molecule has 1 aromatic rings. The van der Waals surface area contributed by atoms with Crippen molar-refractivity contribution in [2.45, 2.75) is 31.8 Å². The van der Waals surface area contributed by atoms with E-state index < -0.39 is 5.97 Å². The zero-order valence-electron chi connectivity index (χ0n) is 11.0. The maximum atomic E-state index is 13.5. The number of benzene rings is 1. The molecule has 4 unspecified atom stereocenters. The smallest absolute Gasteiger partial charge is 0.308 e. The van der Waals surface area contributed by atoms with Crippen molar-refractivity contribution >= 4 is 21.9 Å². The van der Waals surface area contributed by atoms with Crippen LogP contribution in [0.25, 0.3) is 0 Å². The minimum atomic E-state index is -0.701. The third kappa shape index (κ3) is 2.37. The Hall–Kier alpha value is -0.940. The summed E-state index contributed by atoms with van der Waals surface area (Å²) in [5.41, 5.74) is 0.830. The maximum Gasteiger partial charge on any atom is 0.308 e. The molecule has 2 fully saturated rings. The van der Waals surface area contributed by atoms with Crippen molar-refractivity contribution in [1.82, 2.24) is 5.32 Å². The van der Waals surface area contributed by atoms with Gasteiger partial charge in [0.1, 0.15) is 5.82 Å². The van der Waals surface area contributed by atoms with E-state index in [4.69, 9.17) is 0 Å². The molecule has 2 saturated carbocycles. The summed E-state index contributed by atoms with van der Waals surface area (Å²) in [6, 6.07) is 4.95. The van der Waals surface area contributed by atoms with E-state index in [-0.39, 0.29) is 17.8 Å². The molecule has 2 bridgehead atoms. The lowest BCUT2D eigenvalue weighted by Gasteiger charge is -2.29. The molecule has 2 aliphatic carbocycles. The average Bonchev–Trinajstić information content (AvgIpc) is 3.00. The zero-order chi connectivity index (χ0) is 14.3. The fourth-order valence-electron chi connectivity index (χ4n) is 3.85. The molecule has 2 aliphatic rings. The quantitative estimate of drug-likeness (QED) is 0.884. The Kier molecular flexibility index (Phi) is 3.82. The van der Waals surface area contributed by atoms with E-state index in [0.717, 1.165) is 24.8 Å². The lowest BCUT2D eigenvalue weighted by Crippen LogP contribution is -2.43. The normalized spacial score (nSPS) is 31.7. The largest absolute Gasteiger partial charge is 0.481 e. The molecule has 108 valence electrons. The predicted molar refractivity (Wildman–Crippen MR) is 76.7 cm³/mol. The Balaban J connectivity index is 1.71. The number of halogens is 2. The van der Waals surface area contributed by atoms with Crippen molar-refractivity contribution in [2.24, 2.45) is 17.8 Å². The molecular weight excluding hydrogens is 325 g/mol. The number of carboxylic acids is 1. The highest BCUT2D eigenvalue weighted by Gasteiger charge is 2.50. The third-order valence-corrected chi connectivity index (χ3v) is 5.65. The number of rotatable bonds is 4. The Labute approximate surface area is 125 Å². The first kappa shape index (κ1) is 14.0. The molecule has 5 heteroatoms. The number of aliphatic carboxylic acids is 1. The highest BCUT2D eigenvalue weighted by Crippen LogP contribution is 2.48. The van der Waals surface area contributed by atoms with Gasteiger partial charge in [0.15, 0.2) is 0 Å². The van der Waals surface area contributed by atoms with E-state index in [1.807, 2.05) is 6.07 Å². The van der Waals surface area contributed by atoms with Gasteiger partial charge in [-0.25, -0.2) is 4.39 Å². The van der Waals surface area contributed by atoms with Crippen LogP contribution in [-0.2, 0) is 11.3 Å². The van der Waals surface area contributed by atoms with Crippen molar-refractivity contribution in [3.8, 4) is 0 Å². The Morgan fingerprint density at radius 1 is 1.40 bits per heavy atom. The predicted octanol–water partition coefficient (Wildman–Crippen LogP) is 3.18. The topological polar surface area (TPSA) is 49.3 Å². The van der Waals surface area contributed by atoms with Crippen LogP contribution >= 0.6 is 15.9 Å². The third-order valence-electron chi connectivity index (χ3n) is 4.76. The average molecular weight is 342 g/mol. The van der Waals surface area contributed by atoms with Gasteiger partial charge in [-0.15, -0.1) is 0 Å². The highest BCUT2D eigenvalue weighted by molar-refractivity contribution is 9.10. The van der Waals surface area contributed by atoms with Crippen LogP contribution in [0.1, 0.15) is 24.8 Å². The maximum absolute atomic E-state index is 13.5. The van der Waals surface area contributed by atoms with Gasteiger partial charge in [-0.1, -0.05) is 12.1 Å². The summed E-state index contributed by atoms with van der Waals surface area (Å²) in [6.07, 6.45) is 3.15. The van der Waals surface area contributed by atoms with Gasteiger partial charge in [0.2, 0.25) is 0 Å². The minimum Gasteiger partial charge on any atom is -0.481 e. The van der Waals surface area contributed by atoms with Crippen LogP contribution in [0.15, 0.2) is 22.7 Å². The van der Waals surface area contributed by atoms with Crippen LogP contribution in [0.4, 0.5) is 4.39 Å². The lowest BCUT2D eigenvalue weighted by molar-refractivity contribution is -0.144. The minimum absolute atomic E-state index is 0.0152. The molecule has 0 aliphatic heterocycles. The number of nitrogens with one attached hydrogen (secondary N) is 1. The van der Waals surface area contributed by atoms with Crippen molar-refractivity contribution in [1.29, 1.82) is 0 Å². The summed E-state index contributed by atoms with van der Waals surface area (Å²) in [7, 11) is 0. The SMILES string of the molecule is O=C(O)C1C2CCC(C2)C1NCc1cccc(F)c1Br. The van der Waals surface area contributed by atoms with Gasteiger partial charge in [0.25, 0.3) is 0 Å². The molecule has 4 atom stereocenters. The molecule has 0 radical (unpaired) electrons. The molecule has 0 spiro atoms. The number of hydrogen-bond acceptors (Lipinski definition) is 2.